The van der Waals surface area contributed by atoms with Gasteiger partial charge in [-0.1, -0.05) is 155 Å². The van der Waals surface area contributed by atoms with Gasteiger partial charge in [-0.05, 0) is 12.8 Å². The molecule has 1 N–H and O–H groups in total. The summed E-state index contributed by atoms with van der Waals surface area (Å²) in [6, 6.07) is 0. The number of carbonyl (C=O) groups is 2. The molecule has 0 aliphatic carbocycles. The van der Waals surface area contributed by atoms with E-state index in [2.05, 4.69) is 13.8 Å². The molecule has 5 heteroatoms. The Balaban J connectivity index is 3.42. The van der Waals surface area contributed by atoms with E-state index in [1.54, 1.807) is 0 Å². The normalized spacial score (nSPS) is 11.3. The summed E-state index contributed by atoms with van der Waals surface area (Å²) in [6.07, 6.45) is 29.0. The van der Waals surface area contributed by atoms with E-state index in [-0.39, 0.29) is 12.8 Å². The third-order valence-electron chi connectivity index (χ3n) is 7.33. The maximum atomic E-state index is 11.9. The SMILES string of the molecule is CCCCCCCCCCCCCCOC(=O)CC(O)CC(=O)OCCCCCCCCCCCCCC. The fourth-order valence-electron chi connectivity index (χ4n) is 4.83. The van der Waals surface area contributed by atoms with Crippen LogP contribution in [-0.2, 0) is 19.1 Å². The molecule has 0 bridgehead atoms. The molecule has 0 heterocycles. The summed E-state index contributed by atoms with van der Waals surface area (Å²) in [4.78, 5) is 23.8. The van der Waals surface area contributed by atoms with Crippen LogP contribution in [0.5, 0.6) is 0 Å². The van der Waals surface area contributed by atoms with Crippen molar-refractivity contribution in [1.29, 1.82) is 0 Å². The molecule has 0 aromatic rings. The van der Waals surface area contributed by atoms with E-state index in [0.717, 1.165) is 25.7 Å². The number of carbonyl (C=O) groups excluding carboxylic acids is 2. The van der Waals surface area contributed by atoms with Crippen LogP contribution in [0.25, 0.3) is 0 Å². The number of hydrogen-bond acceptors (Lipinski definition) is 5. The Morgan fingerprint density at radius 1 is 0.447 bits per heavy atom. The highest BCUT2D eigenvalue weighted by Gasteiger charge is 2.16. The lowest BCUT2D eigenvalue weighted by Gasteiger charge is -2.10. The maximum Gasteiger partial charge on any atom is 0.308 e. The summed E-state index contributed by atoms with van der Waals surface area (Å²) < 4.78 is 10.4. The summed E-state index contributed by atoms with van der Waals surface area (Å²) in [7, 11) is 0. The van der Waals surface area contributed by atoms with Crippen molar-refractivity contribution in [3.8, 4) is 0 Å². The molecule has 0 unspecified atom stereocenters. The standard InChI is InChI=1S/C33H64O5/c1-3-5-7-9-11-13-15-17-19-21-23-25-27-37-32(35)29-31(34)30-33(36)38-28-26-24-22-20-18-16-14-12-10-8-6-4-2/h31,34H,3-30H2,1-2H3. The third-order valence-corrected chi connectivity index (χ3v) is 7.33. The lowest BCUT2D eigenvalue weighted by Crippen LogP contribution is -2.21. The highest BCUT2D eigenvalue weighted by molar-refractivity contribution is 5.73. The first-order chi connectivity index (χ1) is 18.6. The van der Waals surface area contributed by atoms with Gasteiger partial charge in [-0.3, -0.25) is 9.59 Å². The molecule has 0 fully saturated rings. The Bertz CT molecular complexity index is 464. The molecular weight excluding hydrogens is 476 g/mol. The Morgan fingerprint density at radius 3 is 0.947 bits per heavy atom. The minimum Gasteiger partial charge on any atom is -0.466 e. The highest BCUT2D eigenvalue weighted by Crippen LogP contribution is 2.13. The second kappa shape index (κ2) is 30.4. The number of ether oxygens (including phenoxy) is 2. The van der Waals surface area contributed by atoms with Gasteiger partial charge in [0.05, 0.1) is 32.2 Å². The maximum absolute atomic E-state index is 11.9. The van der Waals surface area contributed by atoms with Gasteiger partial charge in [0, 0.05) is 0 Å². The van der Waals surface area contributed by atoms with Gasteiger partial charge in [0.25, 0.3) is 0 Å². The first-order valence-electron chi connectivity index (χ1n) is 16.6. The van der Waals surface area contributed by atoms with Gasteiger partial charge in [-0.25, -0.2) is 0 Å². The van der Waals surface area contributed by atoms with Crippen LogP contribution in [0.15, 0.2) is 0 Å². The monoisotopic (exact) mass is 540 g/mol. The Kier molecular flexibility index (Phi) is 29.6. The summed E-state index contributed by atoms with van der Waals surface area (Å²) in [5.41, 5.74) is 0. The first kappa shape index (κ1) is 36.9. The van der Waals surface area contributed by atoms with Crippen LogP contribution in [0.2, 0.25) is 0 Å². The molecule has 0 spiro atoms. The van der Waals surface area contributed by atoms with E-state index in [4.69, 9.17) is 9.47 Å². The molecule has 0 rings (SSSR count). The van der Waals surface area contributed by atoms with E-state index in [1.165, 1.54) is 128 Å². The lowest BCUT2D eigenvalue weighted by atomic mass is 10.1. The van der Waals surface area contributed by atoms with Crippen molar-refractivity contribution < 1.29 is 24.2 Å². The summed E-state index contributed by atoms with van der Waals surface area (Å²) in [5, 5.41) is 10.00. The van der Waals surface area contributed by atoms with Crippen LogP contribution < -0.4 is 0 Å². The van der Waals surface area contributed by atoms with Gasteiger partial charge in [0.2, 0.25) is 0 Å². The second-order valence-electron chi connectivity index (χ2n) is 11.3. The van der Waals surface area contributed by atoms with Gasteiger partial charge in [-0.2, -0.15) is 0 Å². The summed E-state index contributed by atoms with van der Waals surface area (Å²) in [6.45, 7) is 5.30. The number of esters is 2. The van der Waals surface area contributed by atoms with E-state index >= 15 is 0 Å². The number of unbranched alkanes of at least 4 members (excludes halogenated alkanes) is 22. The molecule has 0 amide bonds. The average Bonchev–Trinajstić information content (AvgIpc) is 2.89. The van der Waals surface area contributed by atoms with E-state index in [9.17, 15) is 14.7 Å². The van der Waals surface area contributed by atoms with Crippen molar-refractivity contribution in [3.05, 3.63) is 0 Å². The fraction of sp³-hybridized carbons (Fsp3) is 0.939. The van der Waals surface area contributed by atoms with Crippen LogP contribution in [-0.4, -0.2) is 36.4 Å². The molecule has 0 radical (unpaired) electrons. The van der Waals surface area contributed by atoms with Crippen molar-refractivity contribution in [2.45, 2.75) is 187 Å². The molecule has 0 aliphatic heterocycles. The van der Waals surface area contributed by atoms with Crippen molar-refractivity contribution in [1.82, 2.24) is 0 Å². The number of hydrogen-bond donors (Lipinski definition) is 1. The van der Waals surface area contributed by atoms with E-state index in [1.807, 2.05) is 0 Å². The number of rotatable bonds is 30. The molecule has 0 atom stereocenters. The lowest BCUT2D eigenvalue weighted by molar-refractivity contribution is -0.149. The molecule has 0 saturated carbocycles. The minimum absolute atomic E-state index is 0.147. The van der Waals surface area contributed by atoms with Gasteiger partial charge >= 0.3 is 11.9 Å². The predicted octanol–water partition coefficient (Wildman–Crippen LogP) is 9.62. The van der Waals surface area contributed by atoms with Gasteiger partial charge in [0.1, 0.15) is 0 Å². The summed E-state index contributed by atoms with van der Waals surface area (Å²) >= 11 is 0. The van der Waals surface area contributed by atoms with Crippen LogP contribution in [0, 0.1) is 0 Å². The van der Waals surface area contributed by atoms with E-state index < -0.39 is 18.0 Å². The molecule has 0 saturated heterocycles. The van der Waals surface area contributed by atoms with Gasteiger partial charge in [0.15, 0.2) is 0 Å². The van der Waals surface area contributed by atoms with Crippen LogP contribution in [0.3, 0.4) is 0 Å². The quantitative estimate of drug-likeness (QED) is 0.0725. The van der Waals surface area contributed by atoms with Crippen molar-refractivity contribution >= 4 is 11.9 Å². The molecule has 38 heavy (non-hydrogen) atoms. The molecule has 226 valence electrons. The Hall–Kier alpha value is -1.10. The Morgan fingerprint density at radius 2 is 0.684 bits per heavy atom. The largest absolute Gasteiger partial charge is 0.466 e. The third kappa shape index (κ3) is 29.5. The van der Waals surface area contributed by atoms with Crippen LogP contribution >= 0.6 is 0 Å². The molecule has 5 nitrogen and oxygen atoms in total. The van der Waals surface area contributed by atoms with E-state index in [0.29, 0.717) is 13.2 Å². The van der Waals surface area contributed by atoms with Crippen molar-refractivity contribution in [3.63, 3.8) is 0 Å². The zero-order valence-electron chi connectivity index (χ0n) is 25.5. The zero-order chi connectivity index (χ0) is 27.9. The smallest absolute Gasteiger partial charge is 0.308 e. The molecule has 0 aliphatic rings. The average molecular weight is 541 g/mol. The van der Waals surface area contributed by atoms with Crippen LogP contribution in [0.4, 0.5) is 0 Å². The zero-order valence-corrected chi connectivity index (χ0v) is 25.5. The first-order valence-corrected chi connectivity index (χ1v) is 16.6. The second-order valence-corrected chi connectivity index (χ2v) is 11.3. The van der Waals surface area contributed by atoms with Crippen LogP contribution in [0.1, 0.15) is 181 Å². The Labute approximate surface area is 236 Å². The summed E-state index contributed by atoms with van der Waals surface area (Å²) in [5.74, 6) is -0.872. The molecule has 0 aromatic heterocycles. The van der Waals surface area contributed by atoms with Gasteiger partial charge < -0.3 is 14.6 Å². The number of aliphatic hydroxyl groups is 1. The number of aliphatic hydroxyl groups excluding tert-OH is 1. The van der Waals surface area contributed by atoms with Crippen molar-refractivity contribution in [2.75, 3.05) is 13.2 Å². The molecular formula is C33H64O5. The van der Waals surface area contributed by atoms with Crippen molar-refractivity contribution in [2.24, 2.45) is 0 Å². The fourth-order valence-corrected chi connectivity index (χ4v) is 4.83. The minimum atomic E-state index is -1.03. The predicted molar refractivity (Wildman–Crippen MR) is 159 cm³/mol. The van der Waals surface area contributed by atoms with Gasteiger partial charge in [-0.15, -0.1) is 0 Å². The topological polar surface area (TPSA) is 72.8 Å². The molecule has 0 aromatic carbocycles. The highest BCUT2D eigenvalue weighted by atomic mass is 16.5.